The third-order valence-corrected chi connectivity index (χ3v) is 13.0. The molecule has 10 nitrogen and oxygen atoms in total. The summed E-state index contributed by atoms with van der Waals surface area (Å²) in [7, 11) is -2.38. The molecule has 48 heavy (non-hydrogen) atoms. The molecule has 1 spiro atoms. The third-order valence-electron chi connectivity index (χ3n) is 10.6. The second kappa shape index (κ2) is 14.0. The summed E-state index contributed by atoms with van der Waals surface area (Å²) < 4.78 is 37.6. The molecule has 0 radical (unpaired) electrons. The van der Waals surface area contributed by atoms with Gasteiger partial charge >= 0.3 is 5.97 Å². The average Bonchev–Trinajstić information content (AvgIpc) is 3.23. The third kappa shape index (κ3) is 6.89. The first kappa shape index (κ1) is 34.2. The van der Waals surface area contributed by atoms with E-state index in [0.29, 0.717) is 24.6 Å². The quantitative estimate of drug-likeness (QED) is 0.219. The van der Waals surface area contributed by atoms with E-state index in [0.717, 1.165) is 61.7 Å². The Balaban J connectivity index is 1.16. The zero-order valence-electron chi connectivity index (χ0n) is 27.7. The summed E-state index contributed by atoms with van der Waals surface area (Å²) in [5.74, 6) is 0.341. The van der Waals surface area contributed by atoms with Gasteiger partial charge in [-0.15, -0.1) is 0 Å². The summed E-state index contributed by atoms with van der Waals surface area (Å²) in [6.07, 6.45) is 7.88. The van der Waals surface area contributed by atoms with Gasteiger partial charge in [0.25, 0.3) is 0 Å². The predicted molar refractivity (Wildman–Crippen MR) is 183 cm³/mol. The largest absolute Gasteiger partial charge is 0.490 e. The van der Waals surface area contributed by atoms with Crippen molar-refractivity contribution in [2.75, 3.05) is 38.3 Å². The Morgan fingerprint density at radius 2 is 1.90 bits per heavy atom. The van der Waals surface area contributed by atoms with Crippen molar-refractivity contribution in [3.8, 4) is 5.75 Å². The van der Waals surface area contributed by atoms with Gasteiger partial charge in [-0.1, -0.05) is 24.6 Å². The lowest BCUT2D eigenvalue weighted by molar-refractivity contribution is -0.122. The molecule has 1 aliphatic heterocycles. The molecule has 12 heteroatoms. The number of nitrogens with one attached hydrogen (secondary N) is 1. The molecule has 256 valence electrons. The zero-order chi connectivity index (χ0) is 34.1. The number of hydrogen-bond acceptors (Lipinski definition) is 9. The SMILES string of the molecule is COC(=O)c1ccc2c(c1)N(C[C@@H]1CC[C@H]1CNC(=O)C[C@@H](C)[C@@H](C)S(=O)(=O)c1ncccn1)CC1(CCCc3cc(Cl)ccc31)CO2. The van der Waals surface area contributed by atoms with Crippen LogP contribution in [0.25, 0.3) is 0 Å². The molecule has 1 fully saturated rings. The Morgan fingerprint density at radius 3 is 2.62 bits per heavy atom. The van der Waals surface area contributed by atoms with Gasteiger partial charge < -0.3 is 19.7 Å². The summed E-state index contributed by atoms with van der Waals surface area (Å²) in [6.45, 7) is 5.89. The van der Waals surface area contributed by atoms with Gasteiger partial charge in [0.15, 0.2) is 0 Å². The molecule has 3 aromatic rings. The van der Waals surface area contributed by atoms with Gasteiger partial charge in [-0.25, -0.2) is 23.2 Å². The second-order valence-corrected chi connectivity index (χ2v) is 16.3. The van der Waals surface area contributed by atoms with Crippen LogP contribution in [0.3, 0.4) is 0 Å². The van der Waals surface area contributed by atoms with Crippen molar-refractivity contribution in [3.63, 3.8) is 0 Å². The van der Waals surface area contributed by atoms with Crippen LogP contribution in [-0.4, -0.2) is 68.9 Å². The fourth-order valence-corrected chi connectivity index (χ4v) is 9.12. The first-order chi connectivity index (χ1) is 23.0. The molecular weight excluding hydrogens is 652 g/mol. The van der Waals surface area contributed by atoms with E-state index in [1.807, 2.05) is 18.2 Å². The Morgan fingerprint density at radius 1 is 1.12 bits per heavy atom. The van der Waals surface area contributed by atoms with Crippen LogP contribution < -0.4 is 15.0 Å². The average molecular weight is 695 g/mol. The molecule has 1 N–H and O–H groups in total. The van der Waals surface area contributed by atoms with Crippen LogP contribution in [0.1, 0.15) is 67.4 Å². The lowest BCUT2D eigenvalue weighted by atomic mass is 9.69. The first-order valence-electron chi connectivity index (χ1n) is 16.7. The van der Waals surface area contributed by atoms with E-state index in [2.05, 4.69) is 32.3 Å². The lowest BCUT2D eigenvalue weighted by Crippen LogP contribution is -2.49. The fourth-order valence-electron chi connectivity index (χ4n) is 7.47. The molecule has 6 rings (SSSR count). The fraction of sp³-hybridized carbons (Fsp3) is 0.500. The molecule has 2 aliphatic carbocycles. The molecule has 2 aromatic carbocycles. The van der Waals surface area contributed by atoms with E-state index in [-0.39, 0.29) is 28.8 Å². The highest BCUT2D eigenvalue weighted by Crippen LogP contribution is 2.46. The van der Waals surface area contributed by atoms with Crippen molar-refractivity contribution in [1.82, 2.24) is 15.3 Å². The Kier molecular flexibility index (Phi) is 9.99. The minimum absolute atomic E-state index is 0.0870. The molecule has 1 unspecified atom stereocenters. The maximum absolute atomic E-state index is 13.0. The number of sulfone groups is 1. The van der Waals surface area contributed by atoms with Crippen molar-refractivity contribution in [2.45, 2.75) is 68.2 Å². The van der Waals surface area contributed by atoms with Crippen molar-refractivity contribution in [1.29, 1.82) is 0 Å². The van der Waals surface area contributed by atoms with Crippen LogP contribution >= 0.6 is 11.6 Å². The van der Waals surface area contributed by atoms with Crippen molar-refractivity contribution in [3.05, 3.63) is 76.6 Å². The van der Waals surface area contributed by atoms with Gasteiger partial charge in [-0.05, 0) is 104 Å². The second-order valence-electron chi connectivity index (χ2n) is 13.6. The number of fused-ring (bicyclic) bond motifs is 3. The number of carbonyl (C=O) groups is 2. The molecule has 5 atom stereocenters. The number of ether oxygens (including phenoxy) is 2. The summed E-state index contributed by atoms with van der Waals surface area (Å²) in [4.78, 5) is 35.8. The predicted octanol–water partition coefficient (Wildman–Crippen LogP) is 5.42. The van der Waals surface area contributed by atoms with Gasteiger partial charge in [0.1, 0.15) is 5.75 Å². The maximum atomic E-state index is 13.0. The highest BCUT2D eigenvalue weighted by molar-refractivity contribution is 7.91. The van der Waals surface area contributed by atoms with Gasteiger partial charge in [0.05, 0.1) is 30.2 Å². The van der Waals surface area contributed by atoms with Crippen molar-refractivity contribution < 1.29 is 27.5 Å². The number of benzene rings is 2. The number of anilines is 1. The number of amides is 1. The first-order valence-corrected chi connectivity index (χ1v) is 18.6. The number of esters is 1. The summed E-state index contributed by atoms with van der Waals surface area (Å²) >= 11 is 6.40. The summed E-state index contributed by atoms with van der Waals surface area (Å²) in [5, 5.41) is 2.79. The highest BCUT2D eigenvalue weighted by Gasteiger charge is 2.43. The van der Waals surface area contributed by atoms with Gasteiger partial charge in [-0.3, -0.25) is 4.79 Å². The summed E-state index contributed by atoms with van der Waals surface area (Å²) in [5.41, 5.74) is 3.63. The smallest absolute Gasteiger partial charge is 0.337 e. The van der Waals surface area contributed by atoms with Gasteiger partial charge in [0, 0.05) is 48.9 Å². The molecule has 3 aliphatic rings. The van der Waals surface area contributed by atoms with E-state index in [1.165, 1.54) is 30.6 Å². The molecule has 1 saturated carbocycles. The van der Waals surface area contributed by atoms with Crippen LogP contribution in [0.5, 0.6) is 5.75 Å². The van der Waals surface area contributed by atoms with E-state index in [9.17, 15) is 18.0 Å². The lowest BCUT2D eigenvalue weighted by Gasteiger charge is -2.44. The number of rotatable bonds is 10. The Bertz CT molecular complexity index is 1770. The molecular formula is C36H43ClN4O6S. The standard InChI is InChI=1S/C36H43ClN4O6S/c1-23(24(2)48(44,45)35-38-14-5-15-39-35)16-33(42)40-19-27-7-8-28(27)20-41-21-36(13-4-6-25-17-29(37)10-11-30(25)36)22-47-32-12-9-26(18-31(32)41)34(43)46-3/h5,9-12,14-15,17-18,23-24,27-28H,4,6-8,13,16,19-22H2,1-3H3,(H,40,42)/t23-,24-,27+,28+,36?/m1/s1. The van der Waals surface area contributed by atoms with Crippen LogP contribution in [0.2, 0.25) is 5.02 Å². The van der Waals surface area contributed by atoms with Gasteiger partial charge in [-0.2, -0.15) is 0 Å². The topological polar surface area (TPSA) is 128 Å². The highest BCUT2D eigenvalue weighted by atomic mass is 35.5. The molecule has 2 heterocycles. The zero-order valence-corrected chi connectivity index (χ0v) is 29.2. The molecule has 0 saturated heterocycles. The normalized spacial score (nSPS) is 23.0. The summed E-state index contributed by atoms with van der Waals surface area (Å²) in [6, 6.07) is 13.2. The molecule has 1 aromatic heterocycles. The van der Waals surface area contributed by atoms with Gasteiger partial charge in [0.2, 0.25) is 20.9 Å². The number of halogens is 1. The van der Waals surface area contributed by atoms with Crippen LogP contribution in [0.15, 0.2) is 60.0 Å². The maximum Gasteiger partial charge on any atom is 0.337 e. The Hall–Kier alpha value is -3.70. The van der Waals surface area contributed by atoms with E-state index in [4.69, 9.17) is 21.1 Å². The number of nitrogens with zero attached hydrogens (tertiary/aromatic N) is 3. The van der Waals surface area contributed by atoms with Crippen molar-refractivity contribution >= 4 is 39.0 Å². The van der Waals surface area contributed by atoms with E-state index in [1.54, 1.807) is 26.0 Å². The number of hydrogen-bond donors (Lipinski definition) is 1. The number of aryl methyl sites for hydroxylation is 1. The van der Waals surface area contributed by atoms with E-state index >= 15 is 0 Å². The van der Waals surface area contributed by atoms with Crippen LogP contribution in [-0.2, 0) is 31.2 Å². The monoisotopic (exact) mass is 694 g/mol. The number of carbonyl (C=O) groups excluding carboxylic acids is 2. The number of aromatic nitrogens is 2. The minimum atomic E-state index is -3.76. The molecule has 1 amide bonds. The van der Waals surface area contributed by atoms with Crippen LogP contribution in [0, 0.1) is 17.8 Å². The van der Waals surface area contributed by atoms with E-state index < -0.39 is 27.0 Å². The minimum Gasteiger partial charge on any atom is -0.490 e. The number of methoxy groups -OCH3 is 1. The van der Waals surface area contributed by atoms with Crippen LogP contribution in [0.4, 0.5) is 5.69 Å². The van der Waals surface area contributed by atoms with Crippen molar-refractivity contribution in [2.24, 2.45) is 17.8 Å². The Labute approximate surface area is 287 Å². The molecule has 0 bridgehead atoms.